The average Bonchev–Trinajstić information content (AvgIpc) is 3.22. The Morgan fingerprint density at radius 2 is 1.79 bits per heavy atom. The van der Waals surface area contributed by atoms with Crippen molar-refractivity contribution in [1.82, 2.24) is 20.2 Å². The molecule has 0 aliphatic heterocycles. The molecule has 0 radical (unpaired) electrons. The van der Waals surface area contributed by atoms with Crippen molar-refractivity contribution >= 4 is 35.0 Å². The second-order valence-electron chi connectivity index (χ2n) is 6.16. The number of carbonyl (C=O) groups is 1. The van der Waals surface area contributed by atoms with E-state index in [2.05, 4.69) is 33.0 Å². The van der Waals surface area contributed by atoms with E-state index >= 15 is 0 Å². The van der Waals surface area contributed by atoms with Crippen molar-refractivity contribution in [1.29, 1.82) is 0 Å². The summed E-state index contributed by atoms with van der Waals surface area (Å²) < 4.78 is 1.66. The molecule has 0 saturated heterocycles. The van der Waals surface area contributed by atoms with Crippen molar-refractivity contribution in [2.75, 3.05) is 5.32 Å². The Hall–Kier alpha value is -3.16. The van der Waals surface area contributed by atoms with E-state index in [1.54, 1.807) is 52.8 Å². The maximum Gasteiger partial charge on any atom is 0.255 e. The standard InChI is InChI=1S/C21H16ClN5OS/c22-17-7-4-8-18(13-17)23-20(28)16-9-11-19(12-10-16)27-21(24-25-26-27)29-14-15-5-2-1-3-6-15/h1-13H,14H2,(H,23,28). The van der Waals surface area contributed by atoms with Gasteiger partial charge in [-0.1, -0.05) is 59.8 Å². The summed E-state index contributed by atoms with van der Waals surface area (Å²) >= 11 is 7.51. The molecule has 4 rings (SSSR count). The predicted octanol–water partition coefficient (Wildman–Crippen LogP) is 4.86. The lowest BCUT2D eigenvalue weighted by molar-refractivity contribution is 0.102. The van der Waals surface area contributed by atoms with E-state index in [9.17, 15) is 4.79 Å². The molecule has 0 fully saturated rings. The summed E-state index contributed by atoms with van der Waals surface area (Å²) in [5.74, 6) is 0.552. The number of hydrogen-bond acceptors (Lipinski definition) is 5. The maximum atomic E-state index is 12.4. The fraction of sp³-hybridized carbons (Fsp3) is 0.0476. The van der Waals surface area contributed by atoms with E-state index < -0.39 is 0 Å². The topological polar surface area (TPSA) is 72.7 Å². The van der Waals surface area contributed by atoms with Crippen LogP contribution < -0.4 is 5.32 Å². The Balaban J connectivity index is 1.45. The number of benzene rings is 3. The van der Waals surface area contributed by atoms with Crippen molar-refractivity contribution in [3.05, 3.63) is 95.0 Å². The van der Waals surface area contributed by atoms with Crippen LogP contribution in [0.15, 0.2) is 84.0 Å². The van der Waals surface area contributed by atoms with Gasteiger partial charge in [-0.15, -0.1) is 5.10 Å². The highest BCUT2D eigenvalue weighted by atomic mass is 35.5. The molecule has 1 aromatic heterocycles. The first-order valence-corrected chi connectivity index (χ1v) is 10.2. The molecule has 0 bridgehead atoms. The number of halogens is 1. The maximum absolute atomic E-state index is 12.4. The van der Waals surface area contributed by atoms with Gasteiger partial charge in [-0.2, -0.15) is 4.68 Å². The highest BCUT2D eigenvalue weighted by Gasteiger charge is 2.11. The number of tetrazole rings is 1. The molecule has 8 heteroatoms. The Morgan fingerprint density at radius 3 is 2.55 bits per heavy atom. The van der Waals surface area contributed by atoms with Gasteiger partial charge in [0, 0.05) is 22.0 Å². The van der Waals surface area contributed by atoms with Gasteiger partial charge in [-0.3, -0.25) is 4.79 Å². The van der Waals surface area contributed by atoms with Gasteiger partial charge in [0.2, 0.25) is 5.16 Å². The highest BCUT2D eigenvalue weighted by molar-refractivity contribution is 7.98. The first-order chi connectivity index (χ1) is 14.2. The second kappa shape index (κ2) is 8.89. The van der Waals surface area contributed by atoms with Crippen LogP contribution in [-0.4, -0.2) is 26.1 Å². The van der Waals surface area contributed by atoms with Gasteiger partial charge in [0.15, 0.2) is 0 Å². The van der Waals surface area contributed by atoms with Gasteiger partial charge < -0.3 is 5.32 Å². The van der Waals surface area contributed by atoms with Crippen LogP contribution in [0.4, 0.5) is 5.69 Å². The summed E-state index contributed by atoms with van der Waals surface area (Å²) in [6, 6.07) is 24.3. The van der Waals surface area contributed by atoms with E-state index in [0.29, 0.717) is 21.4 Å². The Labute approximate surface area is 176 Å². The molecule has 4 aromatic rings. The number of nitrogens with zero attached hydrogens (tertiary/aromatic N) is 4. The zero-order valence-corrected chi connectivity index (χ0v) is 16.8. The molecule has 6 nitrogen and oxygen atoms in total. The lowest BCUT2D eigenvalue weighted by Gasteiger charge is -2.07. The third-order valence-corrected chi connectivity index (χ3v) is 5.33. The monoisotopic (exact) mass is 421 g/mol. The summed E-state index contributed by atoms with van der Waals surface area (Å²) in [6.45, 7) is 0. The number of aromatic nitrogens is 4. The second-order valence-corrected chi connectivity index (χ2v) is 7.54. The molecule has 29 heavy (non-hydrogen) atoms. The zero-order valence-electron chi connectivity index (χ0n) is 15.2. The summed E-state index contributed by atoms with van der Waals surface area (Å²) in [4.78, 5) is 12.4. The fourth-order valence-corrected chi connectivity index (χ4v) is 3.71. The van der Waals surface area contributed by atoms with Gasteiger partial charge in [-0.05, 0) is 58.5 Å². The molecule has 1 amide bonds. The first-order valence-electron chi connectivity index (χ1n) is 8.81. The molecule has 1 N–H and O–H groups in total. The zero-order chi connectivity index (χ0) is 20.1. The quantitative estimate of drug-likeness (QED) is 0.450. The minimum atomic E-state index is -0.214. The van der Waals surface area contributed by atoms with Crippen LogP contribution in [0.5, 0.6) is 0 Å². The number of carbonyl (C=O) groups excluding carboxylic acids is 1. The van der Waals surface area contributed by atoms with Crippen LogP contribution in [0.2, 0.25) is 5.02 Å². The molecule has 144 valence electrons. The lowest BCUT2D eigenvalue weighted by atomic mass is 10.2. The lowest BCUT2D eigenvalue weighted by Crippen LogP contribution is -2.12. The van der Waals surface area contributed by atoms with Gasteiger partial charge in [-0.25, -0.2) is 0 Å². The van der Waals surface area contributed by atoms with Crippen LogP contribution in [0.1, 0.15) is 15.9 Å². The van der Waals surface area contributed by atoms with E-state index in [4.69, 9.17) is 11.6 Å². The summed E-state index contributed by atoms with van der Waals surface area (Å²) in [6.07, 6.45) is 0. The van der Waals surface area contributed by atoms with E-state index in [-0.39, 0.29) is 5.91 Å². The van der Waals surface area contributed by atoms with Gasteiger partial charge >= 0.3 is 0 Å². The number of thioether (sulfide) groups is 1. The number of amides is 1. The average molecular weight is 422 g/mol. The van der Waals surface area contributed by atoms with Crippen molar-refractivity contribution < 1.29 is 4.79 Å². The van der Waals surface area contributed by atoms with Crippen LogP contribution >= 0.6 is 23.4 Å². The van der Waals surface area contributed by atoms with Crippen molar-refractivity contribution in [3.8, 4) is 5.69 Å². The summed E-state index contributed by atoms with van der Waals surface area (Å²) in [5.41, 5.74) is 3.15. The molecular weight excluding hydrogens is 406 g/mol. The van der Waals surface area contributed by atoms with Crippen molar-refractivity contribution in [2.45, 2.75) is 10.9 Å². The number of anilines is 1. The van der Waals surface area contributed by atoms with E-state index in [1.807, 2.05) is 30.3 Å². The van der Waals surface area contributed by atoms with Gasteiger partial charge in [0.25, 0.3) is 5.91 Å². The molecule has 3 aromatic carbocycles. The number of nitrogens with one attached hydrogen (secondary N) is 1. The molecule has 0 atom stereocenters. The van der Waals surface area contributed by atoms with Gasteiger partial charge in [0.1, 0.15) is 0 Å². The molecule has 0 spiro atoms. The predicted molar refractivity (Wildman–Crippen MR) is 115 cm³/mol. The first kappa shape index (κ1) is 19.2. The SMILES string of the molecule is O=C(Nc1cccc(Cl)c1)c1ccc(-n2nnnc2SCc2ccccc2)cc1. The van der Waals surface area contributed by atoms with Crippen LogP contribution in [0.25, 0.3) is 5.69 Å². The molecule has 0 aliphatic rings. The highest BCUT2D eigenvalue weighted by Crippen LogP contribution is 2.23. The summed E-state index contributed by atoms with van der Waals surface area (Å²) in [7, 11) is 0. The minimum Gasteiger partial charge on any atom is -0.322 e. The molecule has 0 aliphatic carbocycles. The molecule has 0 unspecified atom stereocenters. The van der Waals surface area contributed by atoms with E-state index in [0.717, 1.165) is 11.4 Å². The Bertz CT molecular complexity index is 1120. The van der Waals surface area contributed by atoms with Crippen molar-refractivity contribution in [2.24, 2.45) is 0 Å². The number of hydrogen-bond donors (Lipinski definition) is 1. The molecule has 0 saturated carbocycles. The molecular formula is C21H16ClN5OS. The third-order valence-electron chi connectivity index (χ3n) is 4.11. The normalized spacial score (nSPS) is 10.7. The third kappa shape index (κ3) is 4.82. The number of rotatable bonds is 6. The smallest absolute Gasteiger partial charge is 0.255 e. The Kier molecular flexibility index (Phi) is 5.88. The van der Waals surface area contributed by atoms with Crippen LogP contribution in [0.3, 0.4) is 0 Å². The fourth-order valence-electron chi connectivity index (χ4n) is 2.68. The largest absolute Gasteiger partial charge is 0.322 e. The van der Waals surface area contributed by atoms with Crippen molar-refractivity contribution in [3.63, 3.8) is 0 Å². The van der Waals surface area contributed by atoms with Crippen LogP contribution in [0, 0.1) is 0 Å². The Morgan fingerprint density at radius 1 is 1.00 bits per heavy atom. The van der Waals surface area contributed by atoms with E-state index in [1.165, 1.54) is 5.56 Å². The minimum absolute atomic E-state index is 0.214. The molecule has 1 heterocycles. The van der Waals surface area contributed by atoms with Gasteiger partial charge in [0.05, 0.1) is 5.69 Å². The van der Waals surface area contributed by atoms with Crippen LogP contribution in [-0.2, 0) is 5.75 Å². The summed E-state index contributed by atoms with van der Waals surface area (Å²) in [5, 5.41) is 16.0.